The Morgan fingerprint density at radius 2 is 1.31 bits per heavy atom. The van der Waals surface area contributed by atoms with Gasteiger partial charge >= 0.3 is 0 Å². The van der Waals surface area contributed by atoms with Crippen molar-refractivity contribution >= 4 is 39.0 Å². The lowest BCUT2D eigenvalue weighted by Crippen LogP contribution is -2.48. The molecular formula is C20H18Cl2N4O2S. The van der Waals surface area contributed by atoms with Crippen molar-refractivity contribution < 1.29 is 8.42 Å². The predicted octanol–water partition coefficient (Wildman–Crippen LogP) is 3.96. The van der Waals surface area contributed by atoms with Gasteiger partial charge in [-0.25, -0.2) is 8.42 Å². The zero-order valence-electron chi connectivity index (χ0n) is 15.4. The Labute approximate surface area is 179 Å². The summed E-state index contributed by atoms with van der Waals surface area (Å²) in [5.41, 5.74) is 1.70. The van der Waals surface area contributed by atoms with Gasteiger partial charge in [0.05, 0.1) is 10.6 Å². The average molecular weight is 449 g/mol. The lowest BCUT2D eigenvalue weighted by molar-refractivity contribution is 0.383. The molecule has 1 fully saturated rings. The summed E-state index contributed by atoms with van der Waals surface area (Å²) >= 11 is 11.8. The van der Waals surface area contributed by atoms with E-state index in [9.17, 15) is 8.42 Å². The van der Waals surface area contributed by atoms with Crippen LogP contribution in [-0.4, -0.2) is 49.1 Å². The summed E-state index contributed by atoms with van der Waals surface area (Å²) in [5.74, 6) is 0.728. The average Bonchev–Trinajstić information content (AvgIpc) is 2.75. The zero-order valence-corrected chi connectivity index (χ0v) is 17.7. The first-order chi connectivity index (χ1) is 13.9. The van der Waals surface area contributed by atoms with Crippen LogP contribution in [0.2, 0.25) is 10.0 Å². The lowest BCUT2D eigenvalue weighted by atomic mass is 10.1. The number of halogens is 2. The molecule has 0 saturated carbocycles. The van der Waals surface area contributed by atoms with Gasteiger partial charge in [-0.1, -0.05) is 35.3 Å². The monoisotopic (exact) mass is 448 g/mol. The van der Waals surface area contributed by atoms with Gasteiger partial charge in [0.1, 0.15) is 0 Å². The molecule has 2 aromatic carbocycles. The molecule has 0 bridgehead atoms. The highest BCUT2D eigenvalue weighted by Gasteiger charge is 2.29. The third-order valence-corrected chi connectivity index (χ3v) is 7.22. The second-order valence-corrected chi connectivity index (χ2v) is 9.44. The maximum absolute atomic E-state index is 12.8. The van der Waals surface area contributed by atoms with Crippen molar-refractivity contribution in [2.75, 3.05) is 31.1 Å². The third-order valence-electron chi connectivity index (χ3n) is 4.80. The second-order valence-electron chi connectivity index (χ2n) is 6.63. The van der Waals surface area contributed by atoms with E-state index in [4.69, 9.17) is 23.2 Å². The van der Waals surface area contributed by atoms with Crippen LogP contribution >= 0.6 is 23.2 Å². The first-order valence-electron chi connectivity index (χ1n) is 9.04. The van der Waals surface area contributed by atoms with Crippen molar-refractivity contribution in [3.63, 3.8) is 0 Å². The fourth-order valence-electron chi connectivity index (χ4n) is 3.18. The summed E-state index contributed by atoms with van der Waals surface area (Å²) in [4.78, 5) is 2.29. The van der Waals surface area contributed by atoms with Crippen LogP contribution in [0.3, 0.4) is 0 Å². The van der Waals surface area contributed by atoms with E-state index in [-0.39, 0.29) is 4.90 Å². The van der Waals surface area contributed by atoms with Gasteiger partial charge in [0.2, 0.25) is 10.0 Å². The number of hydrogen-bond acceptors (Lipinski definition) is 5. The summed E-state index contributed by atoms with van der Waals surface area (Å²) < 4.78 is 27.1. The van der Waals surface area contributed by atoms with E-state index in [2.05, 4.69) is 10.2 Å². The van der Waals surface area contributed by atoms with E-state index >= 15 is 0 Å². The molecule has 1 saturated heterocycles. The van der Waals surface area contributed by atoms with E-state index in [0.717, 1.165) is 17.1 Å². The van der Waals surface area contributed by atoms with Gasteiger partial charge in [-0.3, -0.25) is 0 Å². The molecule has 9 heteroatoms. The molecule has 0 atom stereocenters. The van der Waals surface area contributed by atoms with Crippen LogP contribution in [0, 0.1) is 0 Å². The summed E-state index contributed by atoms with van der Waals surface area (Å²) in [6.07, 6.45) is 0. The number of sulfonamides is 1. The molecule has 2 heterocycles. The minimum absolute atomic E-state index is 0.252. The Bertz CT molecular complexity index is 1080. The normalized spacial score (nSPS) is 15.4. The fraction of sp³-hybridized carbons (Fsp3) is 0.200. The van der Waals surface area contributed by atoms with Crippen molar-refractivity contribution in [2.45, 2.75) is 4.90 Å². The van der Waals surface area contributed by atoms with Crippen molar-refractivity contribution in [1.29, 1.82) is 0 Å². The summed E-state index contributed by atoms with van der Waals surface area (Å²) in [5, 5.41) is 9.79. The van der Waals surface area contributed by atoms with Gasteiger partial charge in [0, 0.05) is 41.8 Å². The van der Waals surface area contributed by atoms with Gasteiger partial charge in [0.15, 0.2) is 5.82 Å². The number of hydrogen-bond donors (Lipinski definition) is 0. The highest BCUT2D eigenvalue weighted by Crippen LogP contribution is 2.23. The number of rotatable bonds is 4. The number of benzene rings is 2. The largest absolute Gasteiger partial charge is 0.352 e. The minimum atomic E-state index is -3.53. The maximum Gasteiger partial charge on any atom is 0.243 e. The van der Waals surface area contributed by atoms with Gasteiger partial charge in [-0.2, -0.15) is 4.31 Å². The molecule has 3 aromatic rings. The molecule has 0 radical (unpaired) electrons. The molecule has 0 N–H and O–H groups in total. The molecule has 0 unspecified atom stereocenters. The fourth-order valence-corrected chi connectivity index (χ4v) is 4.86. The van der Waals surface area contributed by atoms with Crippen LogP contribution in [-0.2, 0) is 10.0 Å². The summed E-state index contributed by atoms with van der Waals surface area (Å²) in [6, 6.07) is 17.5. The highest BCUT2D eigenvalue weighted by atomic mass is 35.5. The predicted molar refractivity (Wildman–Crippen MR) is 115 cm³/mol. The van der Waals surface area contributed by atoms with Crippen LogP contribution in [0.4, 0.5) is 5.82 Å². The quantitative estimate of drug-likeness (QED) is 0.603. The van der Waals surface area contributed by atoms with Crippen LogP contribution in [0.25, 0.3) is 11.3 Å². The maximum atomic E-state index is 12.8. The number of nitrogens with zero attached hydrogens (tertiary/aromatic N) is 4. The van der Waals surface area contributed by atoms with Gasteiger partial charge < -0.3 is 4.90 Å². The molecular weight excluding hydrogens is 431 g/mol. The highest BCUT2D eigenvalue weighted by molar-refractivity contribution is 7.89. The number of piperazine rings is 1. The van der Waals surface area contributed by atoms with E-state index in [1.165, 1.54) is 16.4 Å². The Morgan fingerprint density at radius 1 is 0.724 bits per heavy atom. The Morgan fingerprint density at radius 3 is 1.86 bits per heavy atom. The van der Waals surface area contributed by atoms with Gasteiger partial charge in [-0.05, 0) is 48.5 Å². The SMILES string of the molecule is O=S(=O)(c1ccc(Cl)cc1)N1CCN(c2ccc(-c3ccc(Cl)cc3)nn2)CC1. The van der Waals surface area contributed by atoms with Crippen molar-refractivity contribution in [2.24, 2.45) is 0 Å². The molecule has 6 nitrogen and oxygen atoms in total. The summed E-state index contributed by atoms with van der Waals surface area (Å²) in [7, 11) is -3.53. The van der Waals surface area contributed by atoms with Crippen molar-refractivity contribution in [3.05, 3.63) is 70.7 Å². The molecule has 0 aliphatic carbocycles. The molecule has 1 aromatic heterocycles. The Hall–Kier alpha value is -2.19. The Balaban J connectivity index is 1.43. The number of aromatic nitrogens is 2. The van der Waals surface area contributed by atoms with Crippen molar-refractivity contribution in [3.8, 4) is 11.3 Å². The molecule has 29 heavy (non-hydrogen) atoms. The van der Waals surface area contributed by atoms with Crippen LogP contribution in [0.15, 0.2) is 65.6 Å². The topological polar surface area (TPSA) is 66.4 Å². The van der Waals surface area contributed by atoms with E-state index < -0.39 is 10.0 Å². The lowest BCUT2D eigenvalue weighted by Gasteiger charge is -2.34. The van der Waals surface area contributed by atoms with Crippen molar-refractivity contribution in [1.82, 2.24) is 14.5 Å². The van der Waals surface area contributed by atoms with Crippen LogP contribution < -0.4 is 4.90 Å². The first kappa shape index (κ1) is 20.1. The van der Waals surface area contributed by atoms with Crippen LogP contribution in [0.1, 0.15) is 0 Å². The number of anilines is 1. The van der Waals surface area contributed by atoms with Crippen LogP contribution in [0.5, 0.6) is 0 Å². The molecule has 1 aliphatic heterocycles. The van der Waals surface area contributed by atoms with Gasteiger partial charge in [-0.15, -0.1) is 10.2 Å². The van der Waals surface area contributed by atoms with Gasteiger partial charge in [0.25, 0.3) is 0 Å². The second kappa shape index (κ2) is 8.28. The molecule has 150 valence electrons. The first-order valence-corrected chi connectivity index (χ1v) is 11.2. The molecule has 0 spiro atoms. The minimum Gasteiger partial charge on any atom is -0.352 e. The zero-order chi connectivity index (χ0) is 20.4. The smallest absolute Gasteiger partial charge is 0.243 e. The Kier molecular flexibility index (Phi) is 5.74. The van der Waals surface area contributed by atoms with E-state index in [1.54, 1.807) is 12.1 Å². The molecule has 1 aliphatic rings. The molecule has 4 rings (SSSR count). The standard InChI is InChI=1S/C20H18Cl2N4O2S/c21-16-3-1-15(2-4-16)19-9-10-20(24-23-19)25-11-13-26(14-12-25)29(27,28)18-7-5-17(22)6-8-18/h1-10H,11-14H2. The summed E-state index contributed by atoms with van der Waals surface area (Å²) in [6.45, 7) is 1.85. The van der Waals surface area contributed by atoms with E-state index in [0.29, 0.717) is 36.2 Å². The molecule has 0 amide bonds. The third kappa shape index (κ3) is 4.38. The van der Waals surface area contributed by atoms with E-state index in [1.807, 2.05) is 41.3 Å².